The van der Waals surface area contributed by atoms with Gasteiger partial charge in [-0.2, -0.15) is 0 Å². The second-order valence-electron chi connectivity index (χ2n) is 4.37. The highest BCUT2D eigenvalue weighted by Gasteiger charge is 2.45. The number of methoxy groups -OCH3 is 2. The summed E-state index contributed by atoms with van der Waals surface area (Å²) in [5, 5.41) is 0. The van der Waals surface area contributed by atoms with Crippen LogP contribution in [-0.4, -0.2) is 39.8 Å². The third-order valence-electron chi connectivity index (χ3n) is 3.28. The van der Waals surface area contributed by atoms with E-state index < -0.39 is 5.41 Å². The van der Waals surface area contributed by atoms with E-state index in [2.05, 4.69) is 0 Å². The maximum Gasteiger partial charge on any atom is 0.178 e. The van der Waals surface area contributed by atoms with Crippen molar-refractivity contribution in [1.29, 1.82) is 0 Å². The van der Waals surface area contributed by atoms with E-state index in [0.717, 1.165) is 0 Å². The Hall–Kier alpha value is -1.59. The zero-order valence-electron chi connectivity index (χ0n) is 10.6. The van der Waals surface area contributed by atoms with Crippen molar-refractivity contribution in [3.8, 4) is 11.5 Å². The Kier molecular flexibility index (Phi) is 3.54. The van der Waals surface area contributed by atoms with Gasteiger partial charge in [0, 0.05) is 6.54 Å². The largest absolute Gasteiger partial charge is 0.497 e. The van der Waals surface area contributed by atoms with E-state index in [1.54, 1.807) is 25.3 Å². The first kappa shape index (κ1) is 12.9. The maximum absolute atomic E-state index is 12.5. The standard InChI is InChI=1S/C13H17NO4/c1-16-9-3-4-11(17-2)10(5-9)12(15)13(6-14)7-18-8-13/h3-5H,6-8,14H2,1-2H3. The average molecular weight is 251 g/mol. The Morgan fingerprint density at radius 1 is 1.39 bits per heavy atom. The minimum atomic E-state index is -0.611. The highest BCUT2D eigenvalue weighted by Crippen LogP contribution is 2.35. The number of ketones is 1. The Balaban J connectivity index is 2.39. The van der Waals surface area contributed by atoms with Crippen molar-refractivity contribution in [3.05, 3.63) is 23.8 Å². The van der Waals surface area contributed by atoms with E-state index in [-0.39, 0.29) is 12.3 Å². The molecule has 0 unspecified atom stereocenters. The fourth-order valence-corrected chi connectivity index (χ4v) is 1.97. The zero-order chi connectivity index (χ0) is 13.2. The minimum Gasteiger partial charge on any atom is -0.497 e. The van der Waals surface area contributed by atoms with Gasteiger partial charge in [0.15, 0.2) is 5.78 Å². The van der Waals surface area contributed by atoms with Gasteiger partial charge in [0.05, 0.1) is 38.4 Å². The first-order chi connectivity index (χ1) is 8.66. The molecule has 1 heterocycles. The molecule has 5 nitrogen and oxygen atoms in total. The fourth-order valence-electron chi connectivity index (χ4n) is 1.97. The molecule has 0 amide bonds. The van der Waals surface area contributed by atoms with Gasteiger partial charge in [-0.25, -0.2) is 0 Å². The van der Waals surface area contributed by atoms with Crippen LogP contribution in [0.1, 0.15) is 10.4 Å². The lowest BCUT2D eigenvalue weighted by Gasteiger charge is -2.39. The maximum atomic E-state index is 12.5. The van der Waals surface area contributed by atoms with Crippen molar-refractivity contribution in [1.82, 2.24) is 0 Å². The Bertz CT molecular complexity index is 449. The molecular formula is C13H17NO4. The number of Topliss-reactive ketones (excluding diaryl/α,β-unsaturated/α-hetero) is 1. The number of nitrogens with two attached hydrogens (primary N) is 1. The summed E-state index contributed by atoms with van der Waals surface area (Å²) < 4.78 is 15.5. The van der Waals surface area contributed by atoms with Crippen LogP contribution in [0.3, 0.4) is 0 Å². The second kappa shape index (κ2) is 4.96. The molecule has 1 fully saturated rings. The Morgan fingerprint density at radius 2 is 2.11 bits per heavy atom. The predicted molar refractivity (Wildman–Crippen MR) is 66.2 cm³/mol. The molecule has 0 saturated carbocycles. The van der Waals surface area contributed by atoms with Crippen molar-refractivity contribution in [2.45, 2.75) is 0 Å². The van der Waals surface area contributed by atoms with Crippen LogP contribution in [0.15, 0.2) is 18.2 Å². The quantitative estimate of drug-likeness (QED) is 0.786. The average Bonchev–Trinajstić information content (AvgIpc) is 2.37. The van der Waals surface area contributed by atoms with Crippen LogP contribution in [0.5, 0.6) is 11.5 Å². The number of carbonyl (C=O) groups is 1. The van der Waals surface area contributed by atoms with Gasteiger partial charge >= 0.3 is 0 Å². The van der Waals surface area contributed by atoms with Gasteiger partial charge < -0.3 is 19.9 Å². The molecule has 1 aromatic rings. The molecule has 2 rings (SSSR count). The third-order valence-corrected chi connectivity index (χ3v) is 3.28. The summed E-state index contributed by atoms with van der Waals surface area (Å²) in [5.41, 5.74) is 5.58. The van der Waals surface area contributed by atoms with Gasteiger partial charge in [-0.05, 0) is 18.2 Å². The van der Waals surface area contributed by atoms with Crippen molar-refractivity contribution in [2.24, 2.45) is 11.1 Å². The Labute approximate surface area is 106 Å². The smallest absolute Gasteiger partial charge is 0.178 e. The second-order valence-corrected chi connectivity index (χ2v) is 4.37. The molecule has 1 aliphatic rings. The number of carbonyl (C=O) groups excluding carboxylic acids is 1. The van der Waals surface area contributed by atoms with E-state index in [0.29, 0.717) is 30.3 Å². The Morgan fingerprint density at radius 3 is 2.56 bits per heavy atom. The lowest BCUT2D eigenvalue weighted by Crippen LogP contribution is -2.54. The van der Waals surface area contributed by atoms with Crippen molar-refractivity contribution >= 4 is 5.78 Å². The molecule has 18 heavy (non-hydrogen) atoms. The van der Waals surface area contributed by atoms with Crippen LogP contribution < -0.4 is 15.2 Å². The molecule has 2 N–H and O–H groups in total. The fraction of sp³-hybridized carbons (Fsp3) is 0.462. The number of hydrogen-bond donors (Lipinski definition) is 1. The predicted octanol–water partition coefficient (Wildman–Crippen LogP) is 0.862. The SMILES string of the molecule is COc1ccc(OC)c(C(=O)C2(CN)COC2)c1. The van der Waals surface area contributed by atoms with E-state index in [1.165, 1.54) is 7.11 Å². The summed E-state index contributed by atoms with van der Waals surface area (Å²) in [6.45, 7) is 0.998. The van der Waals surface area contributed by atoms with Crippen molar-refractivity contribution in [2.75, 3.05) is 34.0 Å². The van der Waals surface area contributed by atoms with Gasteiger partial charge in [-0.3, -0.25) is 4.79 Å². The van der Waals surface area contributed by atoms with Gasteiger partial charge in [0.1, 0.15) is 11.5 Å². The van der Waals surface area contributed by atoms with Crippen LogP contribution in [-0.2, 0) is 4.74 Å². The molecule has 5 heteroatoms. The number of benzene rings is 1. The molecule has 98 valence electrons. The molecule has 0 aromatic heterocycles. The van der Waals surface area contributed by atoms with E-state index in [9.17, 15) is 4.79 Å². The van der Waals surface area contributed by atoms with E-state index >= 15 is 0 Å². The summed E-state index contributed by atoms with van der Waals surface area (Å²) in [6, 6.07) is 5.15. The minimum absolute atomic E-state index is 0.0491. The summed E-state index contributed by atoms with van der Waals surface area (Å²) >= 11 is 0. The first-order valence-corrected chi connectivity index (χ1v) is 5.71. The van der Waals surface area contributed by atoms with Gasteiger partial charge in [-0.1, -0.05) is 0 Å². The topological polar surface area (TPSA) is 70.8 Å². The van der Waals surface area contributed by atoms with Gasteiger partial charge in [0.2, 0.25) is 0 Å². The van der Waals surface area contributed by atoms with Gasteiger partial charge in [0.25, 0.3) is 0 Å². The number of ether oxygens (including phenoxy) is 3. The van der Waals surface area contributed by atoms with Crippen molar-refractivity contribution < 1.29 is 19.0 Å². The molecule has 0 atom stereocenters. The molecule has 1 saturated heterocycles. The zero-order valence-corrected chi connectivity index (χ0v) is 10.6. The molecule has 0 bridgehead atoms. The van der Waals surface area contributed by atoms with Crippen LogP contribution in [0.25, 0.3) is 0 Å². The summed E-state index contributed by atoms with van der Waals surface area (Å²) in [6.07, 6.45) is 0. The van der Waals surface area contributed by atoms with Gasteiger partial charge in [-0.15, -0.1) is 0 Å². The van der Waals surface area contributed by atoms with Crippen LogP contribution in [0, 0.1) is 5.41 Å². The molecule has 0 radical (unpaired) electrons. The summed E-state index contributed by atoms with van der Waals surface area (Å²) in [4.78, 5) is 12.5. The van der Waals surface area contributed by atoms with Crippen molar-refractivity contribution in [3.63, 3.8) is 0 Å². The molecule has 1 aromatic carbocycles. The molecule has 0 aliphatic carbocycles. The molecular weight excluding hydrogens is 234 g/mol. The number of rotatable bonds is 5. The molecule has 0 spiro atoms. The summed E-state index contributed by atoms with van der Waals surface area (Å²) in [7, 11) is 3.09. The monoisotopic (exact) mass is 251 g/mol. The lowest BCUT2D eigenvalue weighted by atomic mass is 9.78. The highest BCUT2D eigenvalue weighted by atomic mass is 16.5. The summed E-state index contributed by atoms with van der Waals surface area (Å²) in [5.74, 6) is 1.10. The molecule has 1 aliphatic heterocycles. The lowest BCUT2D eigenvalue weighted by molar-refractivity contribution is -0.0816. The van der Waals surface area contributed by atoms with Crippen LogP contribution in [0.2, 0.25) is 0 Å². The third kappa shape index (κ3) is 1.95. The highest BCUT2D eigenvalue weighted by molar-refractivity contribution is 6.04. The normalized spacial score (nSPS) is 16.8. The van der Waals surface area contributed by atoms with Crippen LogP contribution >= 0.6 is 0 Å². The van der Waals surface area contributed by atoms with E-state index in [1.807, 2.05) is 0 Å². The van der Waals surface area contributed by atoms with Crippen LogP contribution in [0.4, 0.5) is 0 Å². The van der Waals surface area contributed by atoms with E-state index in [4.69, 9.17) is 19.9 Å². The number of hydrogen-bond acceptors (Lipinski definition) is 5. The first-order valence-electron chi connectivity index (χ1n) is 5.71.